The maximum absolute atomic E-state index is 5.77. The van der Waals surface area contributed by atoms with Gasteiger partial charge in [-0.2, -0.15) is 0 Å². The minimum atomic E-state index is 0.619. The molecule has 1 saturated heterocycles. The van der Waals surface area contributed by atoms with Crippen molar-refractivity contribution >= 4 is 5.96 Å². The fourth-order valence-corrected chi connectivity index (χ4v) is 2.38. The van der Waals surface area contributed by atoms with Gasteiger partial charge < -0.3 is 15.0 Å². The molecule has 4 heteroatoms. The molecule has 1 aliphatic heterocycles. The fourth-order valence-electron chi connectivity index (χ4n) is 2.38. The Labute approximate surface area is 121 Å². The van der Waals surface area contributed by atoms with Crippen LogP contribution in [0.25, 0.3) is 0 Å². The van der Waals surface area contributed by atoms with Crippen molar-refractivity contribution in [3.05, 3.63) is 29.8 Å². The normalized spacial score (nSPS) is 15.5. The number of guanidine groups is 1. The van der Waals surface area contributed by atoms with Gasteiger partial charge in [-0.05, 0) is 38.3 Å². The molecule has 0 aromatic heterocycles. The van der Waals surface area contributed by atoms with E-state index in [1.54, 1.807) is 0 Å². The molecule has 0 aliphatic carbocycles. The number of likely N-dealkylation sites (tertiary alicyclic amines) is 1. The van der Waals surface area contributed by atoms with Crippen LogP contribution in [0.5, 0.6) is 5.75 Å². The molecule has 1 aromatic rings. The Bertz CT molecular complexity index is 439. The van der Waals surface area contributed by atoms with Crippen LogP contribution in [0.4, 0.5) is 0 Å². The molecule has 0 unspecified atom stereocenters. The quantitative estimate of drug-likeness (QED) is 0.509. The van der Waals surface area contributed by atoms with Crippen LogP contribution in [0.2, 0.25) is 0 Å². The van der Waals surface area contributed by atoms with Crippen molar-refractivity contribution < 1.29 is 4.74 Å². The van der Waals surface area contributed by atoms with Gasteiger partial charge in [-0.15, -0.1) is 0 Å². The monoisotopic (exact) mass is 275 g/mol. The highest BCUT2D eigenvalue weighted by Crippen LogP contribution is 2.15. The Morgan fingerprint density at radius 1 is 1.30 bits per heavy atom. The van der Waals surface area contributed by atoms with Gasteiger partial charge in [0.2, 0.25) is 0 Å². The topological polar surface area (TPSA) is 36.9 Å². The highest BCUT2D eigenvalue weighted by molar-refractivity contribution is 5.80. The van der Waals surface area contributed by atoms with Crippen molar-refractivity contribution in [1.82, 2.24) is 10.2 Å². The minimum Gasteiger partial charge on any atom is -0.491 e. The van der Waals surface area contributed by atoms with Gasteiger partial charge >= 0.3 is 0 Å². The summed E-state index contributed by atoms with van der Waals surface area (Å²) in [5, 5.41) is 3.35. The zero-order valence-electron chi connectivity index (χ0n) is 12.6. The van der Waals surface area contributed by atoms with Crippen LogP contribution in [0.1, 0.15) is 25.3 Å². The van der Waals surface area contributed by atoms with Gasteiger partial charge in [0, 0.05) is 19.6 Å². The van der Waals surface area contributed by atoms with Crippen LogP contribution < -0.4 is 10.1 Å². The summed E-state index contributed by atoms with van der Waals surface area (Å²) in [6.45, 7) is 8.62. The second-order valence-electron chi connectivity index (χ2n) is 5.04. The summed E-state index contributed by atoms with van der Waals surface area (Å²) in [6.07, 6.45) is 2.54. The van der Waals surface area contributed by atoms with E-state index in [4.69, 9.17) is 4.74 Å². The maximum atomic E-state index is 5.77. The molecular formula is C16H25N3O. The van der Waals surface area contributed by atoms with Crippen LogP contribution in [-0.4, -0.2) is 43.6 Å². The first kappa shape index (κ1) is 14.7. The molecule has 0 atom stereocenters. The van der Waals surface area contributed by atoms with E-state index in [2.05, 4.69) is 35.1 Å². The predicted molar refractivity (Wildman–Crippen MR) is 83.5 cm³/mol. The van der Waals surface area contributed by atoms with Crippen molar-refractivity contribution in [2.24, 2.45) is 4.99 Å². The van der Waals surface area contributed by atoms with Crippen LogP contribution in [0.3, 0.4) is 0 Å². The van der Waals surface area contributed by atoms with Gasteiger partial charge in [0.15, 0.2) is 5.96 Å². The van der Waals surface area contributed by atoms with Crippen LogP contribution in [0, 0.1) is 6.92 Å². The number of aliphatic imine (C=N–C) groups is 1. The zero-order chi connectivity index (χ0) is 14.2. The Hall–Kier alpha value is -1.71. The first-order valence-electron chi connectivity index (χ1n) is 7.53. The molecule has 20 heavy (non-hydrogen) atoms. The van der Waals surface area contributed by atoms with E-state index >= 15 is 0 Å². The van der Waals surface area contributed by atoms with Crippen molar-refractivity contribution in [2.75, 3.05) is 32.8 Å². The first-order valence-corrected chi connectivity index (χ1v) is 7.53. The molecule has 2 rings (SSSR count). The Morgan fingerprint density at radius 2 is 2.05 bits per heavy atom. The van der Waals surface area contributed by atoms with Crippen molar-refractivity contribution in [2.45, 2.75) is 26.7 Å². The van der Waals surface area contributed by atoms with Crippen molar-refractivity contribution in [3.63, 3.8) is 0 Å². The lowest BCUT2D eigenvalue weighted by molar-refractivity contribution is 0.325. The van der Waals surface area contributed by atoms with Gasteiger partial charge in [0.05, 0.1) is 6.54 Å². The number of aryl methyl sites for hydroxylation is 1. The number of nitrogens with zero attached hydrogens (tertiary/aromatic N) is 2. The van der Waals surface area contributed by atoms with Crippen LogP contribution >= 0.6 is 0 Å². The predicted octanol–water partition coefficient (Wildman–Crippen LogP) is 2.44. The minimum absolute atomic E-state index is 0.619. The molecule has 1 aromatic carbocycles. The number of rotatable bonds is 5. The molecule has 0 amide bonds. The van der Waals surface area contributed by atoms with E-state index < -0.39 is 0 Å². The molecule has 1 fully saturated rings. The molecule has 1 N–H and O–H groups in total. The van der Waals surface area contributed by atoms with Crippen molar-refractivity contribution in [1.29, 1.82) is 0 Å². The third kappa shape index (κ3) is 4.15. The molecule has 0 saturated carbocycles. The van der Waals surface area contributed by atoms with Crippen molar-refractivity contribution in [3.8, 4) is 5.75 Å². The summed E-state index contributed by atoms with van der Waals surface area (Å²) in [5.74, 6) is 1.98. The van der Waals surface area contributed by atoms with Gasteiger partial charge in [0.25, 0.3) is 0 Å². The molecule has 0 radical (unpaired) electrons. The standard InChI is InChI=1S/C16H25N3O/c1-3-17-16(19-11-6-7-12-19)18-10-13-20-15-9-5-4-8-14(15)2/h4-5,8-9H,3,6-7,10-13H2,1-2H3,(H,17,18). The molecular weight excluding hydrogens is 250 g/mol. The van der Waals surface area contributed by atoms with Gasteiger partial charge in [-0.25, -0.2) is 4.99 Å². The summed E-state index contributed by atoms with van der Waals surface area (Å²) in [7, 11) is 0. The number of hydrogen-bond donors (Lipinski definition) is 1. The van der Waals surface area contributed by atoms with Gasteiger partial charge in [-0.3, -0.25) is 0 Å². The molecule has 1 heterocycles. The lowest BCUT2D eigenvalue weighted by atomic mass is 10.2. The zero-order valence-corrected chi connectivity index (χ0v) is 12.6. The van der Waals surface area contributed by atoms with Crippen LogP contribution in [-0.2, 0) is 0 Å². The maximum Gasteiger partial charge on any atom is 0.194 e. The number of ether oxygens (including phenoxy) is 1. The second-order valence-corrected chi connectivity index (χ2v) is 5.04. The number of benzene rings is 1. The summed E-state index contributed by atoms with van der Waals surface area (Å²) >= 11 is 0. The Morgan fingerprint density at radius 3 is 2.75 bits per heavy atom. The van der Waals surface area contributed by atoms with Gasteiger partial charge in [-0.1, -0.05) is 18.2 Å². The molecule has 4 nitrogen and oxygen atoms in total. The van der Waals surface area contributed by atoms with E-state index in [9.17, 15) is 0 Å². The molecule has 0 spiro atoms. The highest BCUT2D eigenvalue weighted by Gasteiger charge is 2.15. The molecule has 110 valence electrons. The average molecular weight is 275 g/mol. The summed E-state index contributed by atoms with van der Waals surface area (Å²) < 4.78 is 5.77. The largest absolute Gasteiger partial charge is 0.491 e. The first-order chi connectivity index (χ1) is 9.81. The SMILES string of the molecule is CCNC(=NCCOc1ccccc1C)N1CCCC1. The third-order valence-electron chi connectivity index (χ3n) is 3.44. The molecule has 0 bridgehead atoms. The van der Waals surface area contributed by atoms with E-state index in [-0.39, 0.29) is 0 Å². The average Bonchev–Trinajstić information content (AvgIpc) is 2.98. The lowest BCUT2D eigenvalue weighted by Gasteiger charge is -2.20. The summed E-state index contributed by atoms with van der Waals surface area (Å²) in [6, 6.07) is 8.09. The highest BCUT2D eigenvalue weighted by atomic mass is 16.5. The van der Waals surface area contributed by atoms with E-state index in [1.807, 2.05) is 18.2 Å². The summed E-state index contributed by atoms with van der Waals surface area (Å²) in [4.78, 5) is 6.98. The number of nitrogens with one attached hydrogen (secondary N) is 1. The number of hydrogen-bond acceptors (Lipinski definition) is 2. The smallest absolute Gasteiger partial charge is 0.194 e. The second kappa shape index (κ2) is 7.78. The van der Waals surface area contributed by atoms with Gasteiger partial charge in [0.1, 0.15) is 12.4 Å². The molecule has 1 aliphatic rings. The third-order valence-corrected chi connectivity index (χ3v) is 3.44. The van der Waals surface area contributed by atoms with E-state index in [0.717, 1.165) is 31.3 Å². The van der Waals surface area contributed by atoms with E-state index in [1.165, 1.54) is 18.4 Å². The fraction of sp³-hybridized carbons (Fsp3) is 0.562. The van der Waals surface area contributed by atoms with Crippen LogP contribution in [0.15, 0.2) is 29.3 Å². The lowest BCUT2D eigenvalue weighted by Crippen LogP contribution is -2.39. The number of para-hydroxylation sites is 1. The Kier molecular flexibility index (Phi) is 5.71. The van der Waals surface area contributed by atoms with E-state index in [0.29, 0.717) is 13.2 Å². The summed E-state index contributed by atoms with van der Waals surface area (Å²) in [5.41, 5.74) is 1.17. The Balaban J connectivity index is 1.82.